The summed E-state index contributed by atoms with van der Waals surface area (Å²) in [7, 11) is -1.12. The van der Waals surface area contributed by atoms with Gasteiger partial charge in [-0.3, -0.25) is 19.4 Å². The van der Waals surface area contributed by atoms with E-state index in [1.54, 1.807) is 36.4 Å². The molecule has 3 aliphatic rings. The van der Waals surface area contributed by atoms with Gasteiger partial charge in [0, 0.05) is 88.6 Å². The van der Waals surface area contributed by atoms with Crippen molar-refractivity contribution in [1.82, 2.24) is 19.7 Å². The van der Waals surface area contributed by atoms with Crippen LogP contribution in [0.5, 0.6) is 0 Å². The van der Waals surface area contributed by atoms with Gasteiger partial charge in [0.15, 0.2) is 5.78 Å². The smallest absolute Gasteiger partial charge is 0.423 e. The van der Waals surface area contributed by atoms with Gasteiger partial charge < -0.3 is 30.3 Å². The van der Waals surface area contributed by atoms with Crippen LogP contribution in [-0.4, -0.2) is 111 Å². The number of carbonyl (C=O) groups excluding carboxylic acids is 2. The van der Waals surface area contributed by atoms with Gasteiger partial charge in [-0.25, -0.2) is 4.58 Å². The number of nitrogens with one attached hydrogen (secondary N) is 1. The maximum Gasteiger partial charge on any atom is 0.488 e. The zero-order valence-electron chi connectivity index (χ0n) is 49.0. The number of Topliss-reactive ketones (excluding diaryl/α,β-unsaturated/α-hetero) is 1. The fourth-order valence-electron chi connectivity index (χ4n) is 13.7. The summed E-state index contributed by atoms with van der Waals surface area (Å²) in [6, 6.07) is 40.5. The Hall–Kier alpha value is -6.74. The zero-order valence-corrected chi connectivity index (χ0v) is 50.0. The van der Waals surface area contributed by atoms with E-state index in [1.165, 1.54) is 38.5 Å². The van der Waals surface area contributed by atoms with Gasteiger partial charge in [0.1, 0.15) is 21.7 Å². The molecular formula is C69H84B2N5O6Si+. The van der Waals surface area contributed by atoms with Crippen LogP contribution in [0, 0.1) is 0 Å². The van der Waals surface area contributed by atoms with Crippen molar-refractivity contribution in [2.45, 2.75) is 112 Å². The Morgan fingerprint density at radius 2 is 1.27 bits per heavy atom. The number of benzene rings is 7. The van der Waals surface area contributed by atoms with Crippen molar-refractivity contribution in [1.29, 1.82) is 0 Å². The second-order valence-electron chi connectivity index (χ2n) is 23.9. The minimum absolute atomic E-state index is 0. The minimum atomic E-state index is -2.33. The first-order valence-electron chi connectivity index (χ1n) is 29.5. The number of carbonyl (C=O) groups is 2. The molecule has 0 fully saturated rings. The minimum Gasteiger partial charge on any atom is -0.423 e. The number of amides is 1. The number of nitrogens with zero attached hydrogens (tertiary/aromatic N) is 4. The highest BCUT2D eigenvalue weighted by Gasteiger charge is 2.41. The Labute approximate surface area is 493 Å². The third-order valence-electron chi connectivity index (χ3n) is 17.7. The van der Waals surface area contributed by atoms with Gasteiger partial charge in [-0.2, -0.15) is 0 Å². The molecule has 0 aliphatic carbocycles. The van der Waals surface area contributed by atoms with Crippen LogP contribution in [0.15, 0.2) is 140 Å². The number of allylic oxidation sites excluding steroid dienone is 1. The van der Waals surface area contributed by atoms with Gasteiger partial charge in [-0.15, -0.1) is 0 Å². The number of anilines is 1. The predicted octanol–water partition coefficient (Wildman–Crippen LogP) is 6.22. The molecule has 1 amide bonds. The fourth-order valence-corrected chi connectivity index (χ4v) is 17.7. The summed E-state index contributed by atoms with van der Waals surface area (Å²) in [5.41, 5.74) is 14.0. The molecule has 10 rings (SSSR count). The van der Waals surface area contributed by atoms with Crippen molar-refractivity contribution >= 4 is 88.1 Å². The lowest BCUT2D eigenvalue weighted by Crippen LogP contribution is -2.67. The normalized spacial score (nSPS) is 14.2. The zero-order chi connectivity index (χ0) is 58.0. The summed E-state index contributed by atoms with van der Waals surface area (Å²) in [5.74, 6) is -0.114. The molecule has 0 spiro atoms. The summed E-state index contributed by atoms with van der Waals surface area (Å²) in [5, 5.41) is 55.9. The molecule has 3 heterocycles. The average Bonchev–Trinajstić information content (AvgIpc) is 0.866. The van der Waals surface area contributed by atoms with E-state index >= 15 is 0 Å². The van der Waals surface area contributed by atoms with E-state index in [9.17, 15) is 29.7 Å². The Balaban J connectivity index is 0.00000828. The lowest BCUT2D eigenvalue weighted by Gasteiger charge is -2.40. The fraction of sp³-hybridized carbons (Fsp3) is 0.348. The van der Waals surface area contributed by atoms with Gasteiger partial charge in [0.05, 0.1) is 0 Å². The summed E-state index contributed by atoms with van der Waals surface area (Å²) < 4.78 is 2.46. The van der Waals surface area contributed by atoms with E-state index in [1.807, 2.05) is 36.4 Å². The molecule has 0 aromatic heterocycles. The van der Waals surface area contributed by atoms with Crippen molar-refractivity contribution in [3.63, 3.8) is 0 Å². The molecule has 3 aliphatic heterocycles. The van der Waals surface area contributed by atoms with Crippen LogP contribution < -0.4 is 46.7 Å². The molecule has 5 N–H and O–H groups in total. The molecule has 14 heteroatoms. The first-order valence-corrected chi connectivity index (χ1v) is 32.5. The number of hydrogen-bond acceptors (Lipinski definition) is 9. The molecule has 0 radical (unpaired) electrons. The van der Waals surface area contributed by atoms with Crippen LogP contribution in [0.1, 0.15) is 104 Å². The second-order valence-corrected chi connectivity index (χ2v) is 28.2. The first-order chi connectivity index (χ1) is 39.4. The number of rotatable bonds is 22. The summed E-state index contributed by atoms with van der Waals surface area (Å²) in [4.78, 5) is 32.8. The molecule has 0 bridgehead atoms. The monoisotopic (exact) mass is 1130 g/mol. The number of ketones is 1. The van der Waals surface area contributed by atoms with E-state index in [4.69, 9.17) is 0 Å². The average molecular weight is 1130 g/mol. The van der Waals surface area contributed by atoms with Gasteiger partial charge in [-0.1, -0.05) is 125 Å². The van der Waals surface area contributed by atoms with Crippen LogP contribution >= 0.6 is 0 Å². The van der Waals surface area contributed by atoms with E-state index < -0.39 is 22.3 Å². The molecular weight excluding hydrogens is 1040 g/mol. The van der Waals surface area contributed by atoms with Crippen molar-refractivity contribution in [2.75, 3.05) is 51.7 Å². The molecule has 0 saturated carbocycles. The Kier molecular flexibility index (Phi) is 19.1. The lowest BCUT2D eigenvalue weighted by molar-refractivity contribution is -0.117. The summed E-state index contributed by atoms with van der Waals surface area (Å²) >= 11 is 0. The van der Waals surface area contributed by atoms with Crippen LogP contribution in [0.4, 0.5) is 5.69 Å². The molecule has 7 aromatic rings. The molecule has 0 saturated heterocycles. The van der Waals surface area contributed by atoms with Gasteiger partial charge in [0.2, 0.25) is 11.3 Å². The first kappa shape index (κ1) is 60.8. The van der Waals surface area contributed by atoms with Crippen LogP contribution in [0.3, 0.4) is 0 Å². The standard InChI is InChI=1S/C68H79B2N5O6Si.CH4/c1-45(2)64(76)28-15-16-38-74(41-48-20-9-13-26-60(48)69(78)79)44-59-51-23-12-11-22-50(51)58(43-75(39-19-35-71-68(77)46(3)4)42-49-21-10-14-27-61(49)70(80)81)52-30-29-47(40-57(52)59)65-55-31-33-62-53(24-17-36-72(62)5)66(55)82(7,8)67-54-25-18-37-73(6)63(54)34-32-56(65)67;/h9-14,20-23,26-27,29-34,40,78-81H,1,3,15-19,24-25,28,35-39,41-44H2,2,4-8H3;1H4/p+1. The second kappa shape index (κ2) is 26.0. The van der Waals surface area contributed by atoms with Gasteiger partial charge in [0.25, 0.3) is 0 Å². The Morgan fingerprint density at radius 3 is 1.89 bits per heavy atom. The molecule has 0 unspecified atom stereocenters. The van der Waals surface area contributed by atoms with Crippen molar-refractivity contribution in [3.05, 3.63) is 195 Å². The quantitative estimate of drug-likeness (QED) is 0.0176. The Bertz CT molecular complexity index is 3780. The molecule has 7 aromatic carbocycles. The number of hydrogen-bond donors (Lipinski definition) is 5. The number of fused-ring (bicyclic) bond motifs is 8. The summed E-state index contributed by atoms with van der Waals surface area (Å²) in [6.45, 7) is 22.1. The van der Waals surface area contributed by atoms with E-state index in [0.29, 0.717) is 87.1 Å². The maximum absolute atomic E-state index is 12.9. The highest BCUT2D eigenvalue weighted by Crippen LogP contribution is 2.39. The molecule has 83 heavy (non-hydrogen) atoms. The topological polar surface area (TPSA) is 140 Å². The third kappa shape index (κ3) is 12.6. The molecule has 430 valence electrons. The van der Waals surface area contributed by atoms with E-state index in [0.717, 1.165) is 94.6 Å². The molecule has 11 nitrogen and oxygen atoms in total. The van der Waals surface area contributed by atoms with Crippen molar-refractivity contribution in [3.8, 4) is 0 Å². The van der Waals surface area contributed by atoms with Crippen LogP contribution in [0.2, 0.25) is 13.1 Å². The van der Waals surface area contributed by atoms with E-state index in [-0.39, 0.29) is 19.1 Å². The lowest BCUT2D eigenvalue weighted by atomic mass is 9.77. The Morgan fingerprint density at radius 1 is 0.675 bits per heavy atom. The van der Waals surface area contributed by atoms with Crippen LogP contribution in [0.25, 0.3) is 27.1 Å². The maximum atomic E-state index is 12.9. The third-order valence-corrected chi connectivity index (χ3v) is 21.4. The SMILES string of the molecule is C.C=C(C)C(=O)CCCCN(Cc1ccccc1B(O)O)Cc1c2ccccc2c(CN(CCCNC(=O)C(=C)C)Cc2ccccc2B(O)O)c2ccc(C3=c4ccc5c(c4[Si](C)(C)c4c3ccc3c4CCCN3C)CCC[N+]=5C)cc12. The van der Waals surface area contributed by atoms with Crippen LogP contribution in [-0.2, 0) is 48.6 Å². The van der Waals surface area contributed by atoms with E-state index in [2.05, 4.69) is 132 Å². The van der Waals surface area contributed by atoms with Crippen molar-refractivity contribution in [2.24, 2.45) is 0 Å². The largest absolute Gasteiger partial charge is 0.488 e. The highest BCUT2D eigenvalue weighted by molar-refractivity contribution is 7.02. The summed E-state index contributed by atoms with van der Waals surface area (Å²) in [6.07, 6.45) is 6.85. The molecule has 0 atom stereocenters. The van der Waals surface area contributed by atoms with Crippen molar-refractivity contribution < 1.29 is 29.7 Å². The van der Waals surface area contributed by atoms with Gasteiger partial charge in [-0.05, 0) is 175 Å². The number of unbranched alkanes of at least 4 members (excludes halogenated alkanes) is 1. The highest BCUT2D eigenvalue weighted by atomic mass is 28.3. The van der Waals surface area contributed by atoms with Gasteiger partial charge >= 0.3 is 14.2 Å². The predicted molar refractivity (Wildman–Crippen MR) is 347 cm³/mol.